The number of aromatic nitrogens is 3. The Hall–Kier alpha value is -1.82. The quantitative estimate of drug-likeness (QED) is 0.758. The molecule has 0 aliphatic carbocycles. The fraction of sp³-hybridized carbons (Fsp3) is 0.294. The van der Waals surface area contributed by atoms with Crippen LogP contribution in [0.2, 0.25) is 0 Å². The van der Waals surface area contributed by atoms with E-state index in [1.807, 2.05) is 43.6 Å². The van der Waals surface area contributed by atoms with Gasteiger partial charge in [-0.15, -0.1) is 24.8 Å². The van der Waals surface area contributed by atoms with Gasteiger partial charge in [0.15, 0.2) is 0 Å². The summed E-state index contributed by atoms with van der Waals surface area (Å²) >= 11 is 0. The first-order chi connectivity index (χ1) is 10.8. The molecule has 0 radical (unpaired) electrons. The molecule has 24 heavy (non-hydrogen) atoms. The van der Waals surface area contributed by atoms with Gasteiger partial charge < -0.3 is 14.5 Å². The number of aryl methyl sites for hydroxylation is 1. The van der Waals surface area contributed by atoms with E-state index < -0.39 is 0 Å². The van der Waals surface area contributed by atoms with E-state index in [4.69, 9.17) is 0 Å². The van der Waals surface area contributed by atoms with Crippen LogP contribution in [-0.4, -0.2) is 27.2 Å². The minimum atomic E-state index is -0.00268. The van der Waals surface area contributed by atoms with E-state index in [2.05, 4.69) is 14.9 Å². The molecule has 1 saturated heterocycles. The molecule has 7 heteroatoms. The van der Waals surface area contributed by atoms with Gasteiger partial charge in [0.2, 0.25) is 0 Å². The highest BCUT2D eigenvalue weighted by Crippen LogP contribution is 2.24. The molecule has 5 nitrogen and oxygen atoms in total. The third kappa shape index (κ3) is 2.95. The molecule has 0 unspecified atom stereocenters. The van der Waals surface area contributed by atoms with Crippen LogP contribution in [0, 0.1) is 0 Å². The van der Waals surface area contributed by atoms with Gasteiger partial charge in [0.1, 0.15) is 5.82 Å². The van der Waals surface area contributed by atoms with Crippen LogP contribution < -0.4 is 10.9 Å². The molecular formula is C17H20Cl2N4O. The van der Waals surface area contributed by atoms with Crippen molar-refractivity contribution in [3.05, 3.63) is 53.1 Å². The fourth-order valence-electron chi connectivity index (χ4n) is 3.28. The number of benzene rings is 1. The predicted molar refractivity (Wildman–Crippen MR) is 101 cm³/mol. The summed E-state index contributed by atoms with van der Waals surface area (Å²) in [6.07, 6.45) is 4.82. The molecule has 1 atom stereocenters. The highest BCUT2D eigenvalue weighted by molar-refractivity contribution is 5.85. The van der Waals surface area contributed by atoms with E-state index >= 15 is 0 Å². The summed E-state index contributed by atoms with van der Waals surface area (Å²) in [5.41, 5.74) is 1.60. The van der Waals surface area contributed by atoms with Crippen LogP contribution >= 0.6 is 24.8 Å². The van der Waals surface area contributed by atoms with Crippen molar-refractivity contribution < 1.29 is 0 Å². The van der Waals surface area contributed by atoms with Gasteiger partial charge in [-0.1, -0.05) is 18.2 Å². The molecule has 1 aliphatic rings. The summed E-state index contributed by atoms with van der Waals surface area (Å²) in [6, 6.07) is 10.3. The summed E-state index contributed by atoms with van der Waals surface area (Å²) in [6.45, 7) is 1.94. The molecule has 0 spiro atoms. The van der Waals surface area contributed by atoms with Crippen molar-refractivity contribution >= 4 is 35.7 Å². The molecule has 1 fully saturated rings. The van der Waals surface area contributed by atoms with Crippen LogP contribution in [0.4, 0.5) is 0 Å². The zero-order chi connectivity index (χ0) is 15.1. The van der Waals surface area contributed by atoms with Crippen molar-refractivity contribution in [1.82, 2.24) is 19.4 Å². The largest absolute Gasteiger partial charge is 0.326 e. The third-order valence-electron chi connectivity index (χ3n) is 4.47. The van der Waals surface area contributed by atoms with E-state index in [-0.39, 0.29) is 30.4 Å². The molecule has 1 aliphatic heterocycles. The standard InChI is InChI=1S/C17H18N4O.2ClH/c1-20-15-5-3-2-4-12(15)10-14(17(20)22)16-19-8-9-21(16)13-6-7-18-11-13;;/h2-5,8-10,13,18H,6-7,11H2,1H3;2*1H/t13-;;/m0../s1. The van der Waals surface area contributed by atoms with Gasteiger partial charge >= 0.3 is 0 Å². The molecule has 1 aromatic carbocycles. The first-order valence-corrected chi connectivity index (χ1v) is 7.58. The van der Waals surface area contributed by atoms with E-state index in [0.717, 1.165) is 36.2 Å². The summed E-state index contributed by atoms with van der Waals surface area (Å²) in [7, 11) is 1.82. The van der Waals surface area contributed by atoms with Crippen LogP contribution in [-0.2, 0) is 7.05 Å². The maximum absolute atomic E-state index is 12.7. The topological polar surface area (TPSA) is 51.9 Å². The molecule has 0 amide bonds. The van der Waals surface area contributed by atoms with Gasteiger partial charge in [-0.25, -0.2) is 4.98 Å². The van der Waals surface area contributed by atoms with Crippen LogP contribution in [0.1, 0.15) is 12.5 Å². The Morgan fingerprint density at radius 1 is 1.25 bits per heavy atom. The van der Waals surface area contributed by atoms with Crippen molar-refractivity contribution in [2.75, 3.05) is 13.1 Å². The molecule has 2 aromatic heterocycles. The van der Waals surface area contributed by atoms with Gasteiger partial charge in [-0.2, -0.15) is 0 Å². The highest BCUT2D eigenvalue weighted by Gasteiger charge is 2.21. The number of halogens is 2. The van der Waals surface area contributed by atoms with E-state index in [9.17, 15) is 4.79 Å². The normalized spacial score (nSPS) is 16.6. The Morgan fingerprint density at radius 3 is 2.79 bits per heavy atom. The van der Waals surface area contributed by atoms with Crippen LogP contribution in [0.25, 0.3) is 22.3 Å². The zero-order valence-corrected chi connectivity index (χ0v) is 14.9. The number of nitrogens with zero attached hydrogens (tertiary/aromatic N) is 3. The maximum atomic E-state index is 12.7. The Balaban J connectivity index is 0.00000104. The molecule has 128 valence electrons. The van der Waals surface area contributed by atoms with E-state index in [1.54, 1.807) is 10.8 Å². The number of hydrogen-bond donors (Lipinski definition) is 1. The lowest BCUT2D eigenvalue weighted by atomic mass is 10.1. The van der Waals surface area contributed by atoms with Crippen molar-refractivity contribution in [2.45, 2.75) is 12.5 Å². The van der Waals surface area contributed by atoms with Crippen molar-refractivity contribution in [3.63, 3.8) is 0 Å². The smallest absolute Gasteiger partial charge is 0.261 e. The number of nitrogens with one attached hydrogen (secondary N) is 1. The molecule has 3 aromatic rings. The van der Waals surface area contributed by atoms with E-state index in [0.29, 0.717) is 11.6 Å². The maximum Gasteiger partial charge on any atom is 0.261 e. The first-order valence-electron chi connectivity index (χ1n) is 7.58. The average Bonchev–Trinajstić information content (AvgIpc) is 3.21. The lowest BCUT2D eigenvalue weighted by Crippen LogP contribution is -2.21. The molecular weight excluding hydrogens is 347 g/mol. The number of hydrogen-bond acceptors (Lipinski definition) is 3. The summed E-state index contributed by atoms with van der Waals surface area (Å²) < 4.78 is 3.84. The fourth-order valence-corrected chi connectivity index (χ4v) is 3.28. The number of pyridine rings is 1. The Kier molecular flexibility index (Phi) is 5.70. The predicted octanol–water partition coefficient (Wildman–Crippen LogP) is 2.78. The molecule has 4 rings (SSSR count). The first kappa shape index (κ1) is 18.5. The lowest BCUT2D eigenvalue weighted by Gasteiger charge is -2.15. The third-order valence-corrected chi connectivity index (χ3v) is 4.47. The van der Waals surface area contributed by atoms with Crippen molar-refractivity contribution in [2.24, 2.45) is 7.05 Å². The Labute approximate surface area is 152 Å². The second kappa shape index (κ2) is 7.38. The highest BCUT2D eigenvalue weighted by atomic mass is 35.5. The second-order valence-electron chi connectivity index (χ2n) is 5.79. The zero-order valence-electron chi connectivity index (χ0n) is 13.3. The second-order valence-corrected chi connectivity index (χ2v) is 5.79. The number of imidazole rings is 1. The van der Waals surface area contributed by atoms with Crippen LogP contribution in [0.3, 0.4) is 0 Å². The summed E-state index contributed by atoms with van der Waals surface area (Å²) in [5, 5.41) is 4.42. The molecule has 0 bridgehead atoms. The number of rotatable bonds is 2. The molecule has 0 saturated carbocycles. The monoisotopic (exact) mass is 366 g/mol. The minimum Gasteiger partial charge on any atom is -0.326 e. The average molecular weight is 367 g/mol. The lowest BCUT2D eigenvalue weighted by molar-refractivity contribution is 0.552. The summed E-state index contributed by atoms with van der Waals surface area (Å²) in [5.74, 6) is 0.764. The van der Waals surface area contributed by atoms with Crippen LogP contribution in [0.5, 0.6) is 0 Å². The Morgan fingerprint density at radius 2 is 2.04 bits per heavy atom. The SMILES string of the molecule is Cl.Cl.Cn1c(=O)c(-c2nccn2[C@H]2CCNC2)cc2ccccc21. The van der Waals surface area contributed by atoms with Crippen molar-refractivity contribution in [1.29, 1.82) is 0 Å². The van der Waals surface area contributed by atoms with Gasteiger partial charge in [0.25, 0.3) is 5.56 Å². The van der Waals surface area contributed by atoms with Gasteiger partial charge in [-0.05, 0) is 30.5 Å². The number of para-hydroxylation sites is 1. The molecule has 3 heterocycles. The summed E-state index contributed by atoms with van der Waals surface area (Å²) in [4.78, 5) is 17.2. The Bertz CT molecular complexity index is 897. The minimum absolute atomic E-state index is 0. The van der Waals surface area contributed by atoms with E-state index in [1.165, 1.54) is 0 Å². The van der Waals surface area contributed by atoms with Crippen LogP contribution in [0.15, 0.2) is 47.5 Å². The van der Waals surface area contributed by atoms with Gasteiger partial charge in [0.05, 0.1) is 11.1 Å². The van der Waals surface area contributed by atoms with Gasteiger partial charge in [-0.3, -0.25) is 4.79 Å². The van der Waals surface area contributed by atoms with Crippen molar-refractivity contribution in [3.8, 4) is 11.4 Å². The number of fused-ring (bicyclic) bond motifs is 1. The van der Waals surface area contributed by atoms with Gasteiger partial charge in [0, 0.05) is 32.0 Å². The molecule has 1 N–H and O–H groups in total.